The van der Waals surface area contributed by atoms with Crippen molar-refractivity contribution in [2.24, 2.45) is 0 Å². The van der Waals surface area contributed by atoms with Gasteiger partial charge in [-0.2, -0.15) is 0 Å². The Kier molecular flexibility index (Phi) is 5.07. The fourth-order valence-electron chi connectivity index (χ4n) is 3.15. The lowest BCUT2D eigenvalue weighted by atomic mass is 10.3. The number of fused-ring (bicyclic) bond motifs is 3. The number of hydrogen-bond acceptors (Lipinski definition) is 5. The smallest absolute Gasteiger partial charge is 0.277 e. The molecular weight excluding hydrogens is 428 g/mol. The highest BCUT2D eigenvalue weighted by atomic mass is 32.1. The van der Waals surface area contributed by atoms with E-state index in [1.54, 1.807) is 6.20 Å². The molecule has 152 valence electrons. The zero-order valence-electron chi connectivity index (χ0n) is 16.1. The van der Waals surface area contributed by atoms with Gasteiger partial charge in [0.25, 0.3) is 5.91 Å². The van der Waals surface area contributed by atoms with Crippen LogP contribution in [-0.4, -0.2) is 20.4 Å². The van der Waals surface area contributed by atoms with Crippen LogP contribution in [0.4, 0.5) is 5.69 Å². The Morgan fingerprint density at radius 2 is 1.74 bits per heavy atom. The van der Waals surface area contributed by atoms with Gasteiger partial charge in [0.05, 0.1) is 10.2 Å². The number of anilines is 1. The number of amides is 1. The number of carbonyl (C=O) groups excluding carboxylic acids is 1. The molecule has 0 fully saturated rings. The lowest BCUT2D eigenvalue weighted by molar-refractivity contribution is 0.0973. The summed E-state index contributed by atoms with van der Waals surface area (Å²) in [6.45, 7) is 0. The fraction of sp³-hybridized carbons (Fsp3) is 0. The van der Waals surface area contributed by atoms with E-state index in [0.717, 1.165) is 20.9 Å². The first-order valence-corrected chi connectivity index (χ1v) is 10.7. The first-order chi connectivity index (χ1) is 15.2. The van der Waals surface area contributed by atoms with Gasteiger partial charge in [0.15, 0.2) is 10.1 Å². The Bertz CT molecular complexity index is 1410. The molecule has 8 heteroatoms. The van der Waals surface area contributed by atoms with Gasteiger partial charge in [-0.25, -0.2) is 4.98 Å². The van der Waals surface area contributed by atoms with Crippen molar-refractivity contribution in [2.45, 2.75) is 0 Å². The molecule has 2 aromatic heterocycles. The number of thiazole rings is 1. The van der Waals surface area contributed by atoms with Gasteiger partial charge >= 0.3 is 0 Å². The Hall–Kier alpha value is -3.75. The van der Waals surface area contributed by atoms with Crippen molar-refractivity contribution < 1.29 is 9.53 Å². The highest BCUT2D eigenvalue weighted by molar-refractivity contribution is 7.80. The van der Waals surface area contributed by atoms with E-state index in [9.17, 15) is 4.79 Å². The largest absolute Gasteiger partial charge is 0.457 e. The number of para-hydroxylation sites is 2. The van der Waals surface area contributed by atoms with E-state index in [1.807, 2.05) is 83.3 Å². The van der Waals surface area contributed by atoms with Gasteiger partial charge in [0.1, 0.15) is 17.2 Å². The van der Waals surface area contributed by atoms with E-state index in [4.69, 9.17) is 17.0 Å². The van der Waals surface area contributed by atoms with Crippen LogP contribution in [0.15, 0.2) is 85.1 Å². The summed E-state index contributed by atoms with van der Waals surface area (Å²) >= 11 is 6.84. The average Bonchev–Trinajstić information content (AvgIpc) is 3.33. The number of nitrogens with zero attached hydrogens (tertiary/aromatic N) is 2. The molecule has 5 aromatic rings. The van der Waals surface area contributed by atoms with Crippen LogP contribution in [0.5, 0.6) is 11.5 Å². The summed E-state index contributed by atoms with van der Waals surface area (Å²) in [5, 5.41) is 5.88. The summed E-state index contributed by atoms with van der Waals surface area (Å²) in [6.07, 6.45) is 1.72. The van der Waals surface area contributed by atoms with Crippen LogP contribution in [-0.2, 0) is 0 Å². The Morgan fingerprint density at radius 1 is 0.968 bits per heavy atom. The van der Waals surface area contributed by atoms with Crippen molar-refractivity contribution in [2.75, 3.05) is 5.32 Å². The number of hydrogen-bond donors (Lipinski definition) is 2. The van der Waals surface area contributed by atoms with Crippen molar-refractivity contribution in [3.05, 3.63) is 90.8 Å². The Labute approximate surface area is 187 Å². The highest BCUT2D eigenvalue weighted by Gasteiger charge is 2.15. The first kappa shape index (κ1) is 19.2. The van der Waals surface area contributed by atoms with Crippen molar-refractivity contribution in [1.82, 2.24) is 14.7 Å². The molecule has 0 aliphatic carbocycles. The fourth-order valence-corrected chi connectivity index (χ4v) is 4.37. The summed E-state index contributed by atoms with van der Waals surface area (Å²) in [6, 6.07) is 24.8. The van der Waals surface area contributed by atoms with E-state index < -0.39 is 0 Å². The van der Waals surface area contributed by atoms with E-state index >= 15 is 0 Å². The molecule has 3 aromatic carbocycles. The quantitative estimate of drug-likeness (QED) is 0.360. The number of benzene rings is 3. The molecule has 0 saturated carbocycles. The van der Waals surface area contributed by atoms with Crippen LogP contribution in [0.1, 0.15) is 10.5 Å². The van der Waals surface area contributed by atoms with Crippen LogP contribution in [0, 0.1) is 0 Å². The van der Waals surface area contributed by atoms with Gasteiger partial charge in [-0.15, -0.1) is 0 Å². The first-order valence-electron chi connectivity index (χ1n) is 9.48. The Morgan fingerprint density at radius 3 is 2.61 bits per heavy atom. The average molecular weight is 445 g/mol. The molecule has 31 heavy (non-hydrogen) atoms. The molecule has 2 heterocycles. The molecule has 6 nitrogen and oxygen atoms in total. The predicted octanol–water partition coefficient (Wildman–Crippen LogP) is 5.47. The predicted molar refractivity (Wildman–Crippen MR) is 127 cm³/mol. The molecule has 0 saturated heterocycles. The van der Waals surface area contributed by atoms with Gasteiger partial charge in [-0.3, -0.25) is 14.5 Å². The minimum Gasteiger partial charge on any atom is -0.457 e. The standard InChI is InChI=1S/C23H16N4O2S2/c28-21(18-14-27-19-11-4-5-12-20(19)31-23(27)25-18)26-22(30)24-15-7-6-10-17(13-15)29-16-8-2-1-3-9-16/h1-14H,(H2,24,26,28,30). The number of carbonyl (C=O) groups is 1. The third kappa shape index (κ3) is 4.11. The van der Waals surface area contributed by atoms with Crippen LogP contribution in [0.3, 0.4) is 0 Å². The summed E-state index contributed by atoms with van der Waals surface area (Å²) in [5.74, 6) is 1.03. The van der Waals surface area contributed by atoms with Gasteiger partial charge in [0.2, 0.25) is 0 Å². The Balaban J connectivity index is 1.26. The molecule has 0 unspecified atom stereocenters. The third-order valence-electron chi connectivity index (χ3n) is 4.53. The van der Waals surface area contributed by atoms with Crippen molar-refractivity contribution in [1.29, 1.82) is 0 Å². The number of aromatic nitrogens is 2. The monoisotopic (exact) mass is 444 g/mol. The molecule has 5 rings (SSSR count). The minimum absolute atomic E-state index is 0.183. The summed E-state index contributed by atoms with van der Waals surface area (Å²) in [4.78, 5) is 17.8. The van der Waals surface area contributed by atoms with Gasteiger partial charge in [0, 0.05) is 18.0 Å². The second-order valence-corrected chi connectivity index (χ2v) is 8.12. The highest BCUT2D eigenvalue weighted by Crippen LogP contribution is 2.26. The molecule has 2 N–H and O–H groups in total. The normalized spacial score (nSPS) is 10.8. The third-order valence-corrected chi connectivity index (χ3v) is 5.77. The molecule has 0 bridgehead atoms. The molecule has 0 aliphatic rings. The number of ether oxygens (including phenoxy) is 1. The summed E-state index contributed by atoms with van der Waals surface area (Å²) in [5.41, 5.74) is 2.03. The number of thiocarbonyl (C=S) groups is 1. The lowest BCUT2D eigenvalue weighted by Gasteiger charge is -2.11. The molecule has 0 spiro atoms. The molecule has 1 amide bonds. The van der Waals surface area contributed by atoms with E-state index in [-0.39, 0.29) is 11.0 Å². The van der Waals surface area contributed by atoms with Crippen LogP contribution < -0.4 is 15.4 Å². The van der Waals surface area contributed by atoms with Crippen molar-refractivity contribution in [3.63, 3.8) is 0 Å². The van der Waals surface area contributed by atoms with Crippen LogP contribution >= 0.6 is 23.6 Å². The van der Waals surface area contributed by atoms with Crippen LogP contribution in [0.25, 0.3) is 15.2 Å². The van der Waals surface area contributed by atoms with Gasteiger partial charge in [-0.05, 0) is 48.6 Å². The molecule has 0 atom stereocenters. The van der Waals surface area contributed by atoms with E-state index in [2.05, 4.69) is 15.6 Å². The summed E-state index contributed by atoms with van der Waals surface area (Å²) in [7, 11) is 0. The maximum Gasteiger partial charge on any atom is 0.277 e. The maximum atomic E-state index is 12.6. The number of nitrogens with one attached hydrogen (secondary N) is 2. The number of rotatable bonds is 4. The second kappa shape index (κ2) is 8.17. The topological polar surface area (TPSA) is 67.7 Å². The van der Waals surface area contributed by atoms with Gasteiger partial charge < -0.3 is 10.1 Å². The lowest BCUT2D eigenvalue weighted by Crippen LogP contribution is -2.34. The van der Waals surface area contributed by atoms with E-state index in [1.165, 1.54) is 11.3 Å². The number of imidazole rings is 1. The van der Waals surface area contributed by atoms with Gasteiger partial charge in [-0.1, -0.05) is 47.7 Å². The zero-order chi connectivity index (χ0) is 21.2. The SMILES string of the molecule is O=C(NC(=S)Nc1cccc(Oc2ccccc2)c1)c1cn2c(n1)sc1ccccc12. The summed E-state index contributed by atoms with van der Waals surface area (Å²) < 4.78 is 8.86. The van der Waals surface area contributed by atoms with Crippen molar-refractivity contribution >= 4 is 55.4 Å². The van der Waals surface area contributed by atoms with Crippen molar-refractivity contribution in [3.8, 4) is 11.5 Å². The maximum absolute atomic E-state index is 12.6. The molecular formula is C23H16N4O2S2. The second-order valence-electron chi connectivity index (χ2n) is 6.70. The zero-order valence-corrected chi connectivity index (χ0v) is 17.7. The van der Waals surface area contributed by atoms with Crippen LogP contribution in [0.2, 0.25) is 0 Å². The molecule has 0 aliphatic heterocycles. The minimum atomic E-state index is -0.367. The molecule has 0 radical (unpaired) electrons. The van der Waals surface area contributed by atoms with E-state index in [0.29, 0.717) is 17.1 Å².